The van der Waals surface area contributed by atoms with Crippen molar-refractivity contribution >= 4 is 38.9 Å². The fraction of sp³-hybridized carbons (Fsp3) is 0.464. The summed E-state index contributed by atoms with van der Waals surface area (Å²) in [6.45, 7) is 1.93. The molecule has 40 heavy (non-hydrogen) atoms. The van der Waals surface area contributed by atoms with E-state index >= 15 is 0 Å². The number of aromatic nitrogens is 3. The number of piperidine rings is 1. The summed E-state index contributed by atoms with van der Waals surface area (Å²) >= 11 is 0. The highest BCUT2D eigenvalue weighted by atomic mass is 32.2. The van der Waals surface area contributed by atoms with E-state index < -0.39 is 22.4 Å². The first-order valence-corrected chi connectivity index (χ1v) is 15.6. The number of pyridine rings is 1. The monoisotopic (exact) mass is 565 g/mol. The molecule has 1 amide bonds. The Hall–Kier alpha value is -3.64. The average molecular weight is 566 g/mol. The molecule has 1 aromatic carbocycles. The molecule has 11 nitrogen and oxygen atoms in total. The van der Waals surface area contributed by atoms with Crippen LogP contribution in [0.15, 0.2) is 48.8 Å². The molecule has 1 saturated carbocycles. The standard InChI is InChI=1S/C28H35N7O4S/c36-16-17-40(38,39)33-21-5-6-22-24(18-21)34-15-11-28(9-10-28)20(19-34)4-1-2-12-29-26-23(35-14-3-13-30-35)7-8-25(31-26)32-27(22)37/h3,5-8,13-14,18,20,33,36H,1-2,4,9-12,15-17,19H2,(H2,29,31,32,37)/t20-/m1/s1. The topological polar surface area (TPSA) is 141 Å². The maximum Gasteiger partial charge on any atom is 0.258 e. The lowest BCUT2D eigenvalue weighted by molar-refractivity contribution is 0.102. The van der Waals surface area contributed by atoms with Crippen LogP contribution in [0.1, 0.15) is 48.9 Å². The van der Waals surface area contributed by atoms with Crippen LogP contribution in [0.4, 0.5) is 23.0 Å². The number of fused-ring (bicyclic) bond motifs is 7. The van der Waals surface area contributed by atoms with Crippen LogP contribution in [0.25, 0.3) is 5.69 Å². The van der Waals surface area contributed by atoms with Gasteiger partial charge < -0.3 is 20.6 Å². The number of carbonyl (C=O) groups is 1. The van der Waals surface area contributed by atoms with Crippen molar-refractivity contribution in [3.63, 3.8) is 0 Å². The predicted molar refractivity (Wildman–Crippen MR) is 155 cm³/mol. The van der Waals surface area contributed by atoms with Gasteiger partial charge in [0, 0.05) is 32.0 Å². The first-order chi connectivity index (χ1) is 19.4. The second-order valence-corrected chi connectivity index (χ2v) is 12.9. The summed E-state index contributed by atoms with van der Waals surface area (Å²) in [5, 5.41) is 19.9. The number of carbonyl (C=O) groups excluding carboxylic acids is 1. The number of benzene rings is 1. The van der Waals surface area contributed by atoms with Gasteiger partial charge in [0.25, 0.3) is 5.91 Å². The van der Waals surface area contributed by atoms with Gasteiger partial charge in [0.1, 0.15) is 11.5 Å². The van der Waals surface area contributed by atoms with E-state index in [1.165, 1.54) is 12.8 Å². The van der Waals surface area contributed by atoms with Crippen LogP contribution in [-0.2, 0) is 10.0 Å². The van der Waals surface area contributed by atoms with E-state index in [1.54, 1.807) is 35.1 Å². The molecular weight excluding hydrogens is 530 g/mol. The molecular formula is C28H35N7O4S. The first-order valence-electron chi connectivity index (χ1n) is 13.9. The van der Waals surface area contributed by atoms with Crippen LogP contribution in [0, 0.1) is 11.3 Å². The van der Waals surface area contributed by atoms with Crippen LogP contribution in [0.3, 0.4) is 0 Å². The van der Waals surface area contributed by atoms with Crippen molar-refractivity contribution in [1.29, 1.82) is 0 Å². The number of hydrogen-bond acceptors (Lipinski definition) is 8. The van der Waals surface area contributed by atoms with Crippen molar-refractivity contribution in [2.75, 3.05) is 52.2 Å². The summed E-state index contributed by atoms with van der Waals surface area (Å²) in [5.74, 6) is 0.853. The molecule has 2 fully saturated rings. The van der Waals surface area contributed by atoms with Crippen molar-refractivity contribution in [3.05, 3.63) is 54.4 Å². The first kappa shape index (κ1) is 26.6. The van der Waals surface area contributed by atoms with E-state index in [0.29, 0.717) is 39.9 Å². The second-order valence-electron chi connectivity index (χ2n) is 11.0. The van der Waals surface area contributed by atoms with Crippen molar-refractivity contribution in [1.82, 2.24) is 14.8 Å². The summed E-state index contributed by atoms with van der Waals surface area (Å²) in [6.07, 6.45) is 10.3. The normalized spacial score (nSPS) is 20.5. The second kappa shape index (κ2) is 10.7. The van der Waals surface area contributed by atoms with Crippen LogP contribution in [0.5, 0.6) is 0 Å². The zero-order valence-electron chi connectivity index (χ0n) is 22.3. The van der Waals surface area contributed by atoms with E-state index in [4.69, 9.17) is 10.1 Å². The lowest BCUT2D eigenvalue weighted by Crippen LogP contribution is -2.42. The molecule has 0 unspecified atom stereocenters. The number of anilines is 4. The van der Waals surface area contributed by atoms with Crippen molar-refractivity contribution in [2.45, 2.75) is 38.5 Å². The Bertz CT molecular complexity index is 1490. The molecule has 4 N–H and O–H groups in total. The van der Waals surface area contributed by atoms with Gasteiger partial charge in [-0.25, -0.2) is 18.1 Å². The van der Waals surface area contributed by atoms with Gasteiger partial charge in [-0.15, -0.1) is 0 Å². The number of rotatable bonds is 5. The average Bonchev–Trinajstić information content (AvgIpc) is 3.48. The summed E-state index contributed by atoms with van der Waals surface area (Å²) in [7, 11) is -3.71. The number of amides is 1. The summed E-state index contributed by atoms with van der Waals surface area (Å²) < 4.78 is 29.1. The Labute approximate surface area is 234 Å². The highest BCUT2D eigenvalue weighted by molar-refractivity contribution is 7.92. The molecule has 0 radical (unpaired) electrons. The molecule has 12 heteroatoms. The quantitative estimate of drug-likeness (QED) is 0.369. The molecule has 2 aliphatic heterocycles. The van der Waals surface area contributed by atoms with E-state index in [0.717, 1.165) is 51.0 Å². The van der Waals surface area contributed by atoms with Gasteiger partial charge in [-0.05, 0) is 79.8 Å². The van der Waals surface area contributed by atoms with Crippen molar-refractivity contribution < 1.29 is 18.3 Å². The minimum Gasteiger partial charge on any atom is -0.395 e. The largest absolute Gasteiger partial charge is 0.395 e. The van der Waals surface area contributed by atoms with Crippen LogP contribution in [-0.4, -0.2) is 66.2 Å². The number of aliphatic hydroxyl groups is 1. The highest BCUT2D eigenvalue weighted by Crippen LogP contribution is 2.58. The lowest BCUT2D eigenvalue weighted by Gasteiger charge is -2.41. The minimum absolute atomic E-state index is 0.316. The Kier molecular flexibility index (Phi) is 7.13. The summed E-state index contributed by atoms with van der Waals surface area (Å²) in [6, 6.07) is 10.5. The third-order valence-corrected chi connectivity index (χ3v) is 9.70. The molecule has 6 rings (SSSR count). The van der Waals surface area contributed by atoms with E-state index in [1.807, 2.05) is 18.3 Å². The maximum atomic E-state index is 13.7. The Morgan fingerprint density at radius 3 is 2.77 bits per heavy atom. The highest BCUT2D eigenvalue weighted by Gasteiger charge is 2.51. The zero-order chi connectivity index (χ0) is 27.7. The van der Waals surface area contributed by atoms with E-state index in [2.05, 4.69) is 25.4 Å². The van der Waals surface area contributed by atoms with Gasteiger partial charge in [-0.1, -0.05) is 6.42 Å². The van der Waals surface area contributed by atoms with Crippen molar-refractivity contribution in [2.24, 2.45) is 11.3 Å². The Balaban J connectivity index is 1.37. The van der Waals surface area contributed by atoms with Gasteiger partial charge >= 0.3 is 0 Å². The molecule has 3 aliphatic rings. The molecule has 4 bridgehead atoms. The van der Waals surface area contributed by atoms with Crippen molar-refractivity contribution in [3.8, 4) is 5.69 Å². The third kappa shape index (κ3) is 5.50. The van der Waals surface area contributed by atoms with E-state index in [9.17, 15) is 13.2 Å². The number of nitrogens with zero attached hydrogens (tertiary/aromatic N) is 4. The third-order valence-electron chi connectivity index (χ3n) is 8.43. The fourth-order valence-corrected chi connectivity index (χ4v) is 6.93. The zero-order valence-corrected chi connectivity index (χ0v) is 23.2. The maximum absolute atomic E-state index is 13.7. The summed E-state index contributed by atoms with van der Waals surface area (Å²) in [4.78, 5) is 20.6. The Morgan fingerprint density at radius 2 is 2.00 bits per heavy atom. The molecule has 1 atom stereocenters. The molecule has 3 aromatic rings. The Morgan fingerprint density at radius 1 is 1.12 bits per heavy atom. The van der Waals surface area contributed by atoms with Gasteiger partial charge in [0.15, 0.2) is 5.82 Å². The predicted octanol–water partition coefficient (Wildman–Crippen LogP) is 3.46. The number of hydrogen-bond donors (Lipinski definition) is 4. The van der Waals surface area contributed by atoms with Gasteiger partial charge in [0.05, 0.1) is 29.3 Å². The minimum atomic E-state index is -3.71. The number of aliphatic hydroxyl groups excluding tert-OH is 1. The van der Waals surface area contributed by atoms with Gasteiger partial charge in [0.2, 0.25) is 10.0 Å². The molecule has 212 valence electrons. The van der Waals surface area contributed by atoms with Crippen LogP contribution in [0.2, 0.25) is 0 Å². The molecule has 1 aliphatic carbocycles. The fourth-order valence-electron chi connectivity index (χ4n) is 6.10. The van der Waals surface area contributed by atoms with E-state index in [-0.39, 0.29) is 5.91 Å². The lowest BCUT2D eigenvalue weighted by atomic mass is 9.79. The number of nitrogens with one attached hydrogen (secondary N) is 3. The molecule has 4 heterocycles. The SMILES string of the molecule is O=C1Nc2ccc(-n3cccn3)c(n2)NCCCC[C@@H]2CN(CCC23CC3)c2cc(NS(=O)(=O)CCO)ccc21. The summed E-state index contributed by atoms with van der Waals surface area (Å²) in [5.41, 5.74) is 2.71. The van der Waals surface area contributed by atoms with Crippen LogP contribution < -0.4 is 20.3 Å². The molecule has 1 spiro atoms. The molecule has 2 aromatic heterocycles. The number of sulfonamides is 1. The van der Waals surface area contributed by atoms with Gasteiger partial charge in [-0.3, -0.25) is 9.52 Å². The molecule has 1 saturated heterocycles. The van der Waals surface area contributed by atoms with Gasteiger partial charge in [-0.2, -0.15) is 5.10 Å². The smallest absolute Gasteiger partial charge is 0.258 e. The van der Waals surface area contributed by atoms with Crippen LogP contribution >= 0.6 is 0 Å².